The van der Waals surface area contributed by atoms with Crippen LogP contribution >= 0.6 is 11.6 Å². The predicted octanol–water partition coefficient (Wildman–Crippen LogP) is 1.70. The van der Waals surface area contributed by atoms with E-state index in [9.17, 15) is 9.00 Å². The number of rotatable bonds is 5. The van der Waals surface area contributed by atoms with Crippen molar-refractivity contribution in [3.8, 4) is 0 Å². The van der Waals surface area contributed by atoms with Crippen molar-refractivity contribution in [1.82, 2.24) is 14.8 Å². The highest BCUT2D eigenvalue weighted by Crippen LogP contribution is 2.15. The molecule has 2 aromatic rings. The van der Waals surface area contributed by atoms with Crippen molar-refractivity contribution in [1.29, 1.82) is 0 Å². The summed E-state index contributed by atoms with van der Waals surface area (Å²) in [7, 11) is -1.22. The largest absolute Gasteiger partial charge is 0.326 e. The Balaban J connectivity index is 1.92. The van der Waals surface area contributed by atoms with Crippen LogP contribution in [-0.2, 0) is 22.1 Å². The number of benzene rings is 1. The number of halogens is 1. The molecule has 0 fully saturated rings. The van der Waals surface area contributed by atoms with Gasteiger partial charge in [0, 0.05) is 29.9 Å². The minimum Gasteiger partial charge on any atom is -0.326 e. The molecule has 0 saturated carbocycles. The van der Waals surface area contributed by atoms with Crippen LogP contribution in [0, 0.1) is 0 Å². The molecule has 0 aliphatic heterocycles. The number of hydrogen-bond donors (Lipinski definition) is 1. The third-order valence-electron chi connectivity index (χ3n) is 2.53. The summed E-state index contributed by atoms with van der Waals surface area (Å²) in [6.07, 6.45) is 3.21. The summed E-state index contributed by atoms with van der Waals surface area (Å²) in [5, 5.41) is 11.1. The molecule has 0 radical (unpaired) electrons. The fourth-order valence-electron chi connectivity index (χ4n) is 1.63. The van der Waals surface area contributed by atoms with Crippen LogP contribution in [0.1, 0.15) is 6.42 Å². The lowest BCUT2D eigenvalue weighted by Crippen LogP contribution is -2.15. The van der Waals surface area contributed by atoms with E-state index in [1.807, 2.05) is 0 Å². The molecule has 0 unspecified atom stereocenters. The number of anilines is 1. The second-order valence-electron chi connectivity index (χ2n) is 4.07. The maximum absolute atomic E-state index is 11.8. The molecular weight excluding hydrogens is 300 g/mol. The number of amides is 1. The minimum absolute atomic E-state index is 0.159. The number of carbonyl (C=O) groups is 1. The standard InChI is InChI=1S/C12H13ClN4O2S/c1-20(19)12-16-14-8-17(12)6-5-11(18)15-10-4-2-3-9(13)7-10/h2-4,7-8H,5-6H2,1H3,(H,15,18)/t20-/m0/s1. The first-order valence-electron chi connectivity index (χ1n) is 5.83. The van der Waals surface area contributed by atoms with Gasteiger partial charge in [-0.05, 0) is 18.2 Å². The van der Waals surface area contributed by atoms with E-state index in [4.69, 9.17) is 11.6 Å². The van der Waals surface area contributed by atoms with Crippen LogP contribution < -0.4 is 5.32 Å². The minimum atomic E-state index is -1.22. The van der Waals surface area contributed by atoms with Crippen molar-refractivity contribution in [2.24, 2.45) is 0 Å². The Morgan fingerprint density at radius 3 is 3.00 bits per heavy atom. The van der Waals surface area contributed by atoms with Gasteiger partial charge in [-0.3, -0.25) is 9.00 Å². The van der Waals surface area contributed by atoms with Crippen LogP contribution in [0.15, 0.2) is 35.7 Å². The van der Waals surface area contributed by atoms with Gasteiger partial charge in [0.1, 0.15) is 6.33 Å². The molecule has 0 aliphatic carbocycles. The molecule has 0 bridgehead atoms. The topological polar surface area (TPSA) is 76.9 Å². The molecule has 2 rings (SSSR count). The summed E-state index contributed by atoms with van der Waals surface area (Å²) in [6, 6.07) is 6.92. The summed E-state index contributed by atoms with van der Waals surface area (Å²) in [5.41, 5.74) is 0.644. The zero-order chi connectivity index (χ0) is 14.5. The van der Waals surface area contributed by atoms with E-state index < -0.39 is 10.8 Å². The van der Waals surface area contributed by atoms with Crippen molar-refractivity contribution in [3.63, 3.8) is 0 Å². The third-order valence-corrected chi connectivity index (χ3v) is 3.59. The van der Waals surface area contributed by atoms with Crippen LogP contribution in [0.2, 0.25) is 5.02 Å². The number of carbonyl (C=O) groups excluding carboxylic acids is 1. The average Bonchev–Trinajstić information content (AvgIpc) is 2.85. The van der Waals surface area contributed by atoms with Crippen molar-refractivity contribution in [3.05, 3.63) is 35.6 Å². The second kappa shape index (κ2) is 6.62. The molecule has 8 heteroatoms. The lowest BCUT2D eigenvalue weighted by molar-refractivity contribution is -0.116. The van der Waals surface area contributed by atoms with E-state index in [2.05, 4.69) is 15.5 Å². The first kappa shape index (κ1) is 14.7. The highest BCUT2D eigenvalue weighted by atomic mass is 35.5. The van der Waals surface area contributed by atoms with Crippen LogP contribution in [0.3, 0.4) is 0 Å². The smallest absolute Gasteiger partial charge is 0.226 e. The molecule has 1 atom stereocenters. The van der Waals surface area contributed by atoms with Crippen molar-refractivity contribution in [2.75, 3.05) is 11.6 Å². The molecule has 1 aromatic carbocycles. The van der Waals surface area contributed by atoms with Gasteiger partial charge >= 0.3 is 0 Å². The molecule has 0 aliphatic rings. The lowest BCUT2D eigenvalue weighted by Gasteiger charge is -2.07. The predicted molar refractivity (Wildman–Crippen MR) is 77.1 cm³/mol. The van der Waals surface area contributed by atoms with Gasteiger partial charge in [0.2, 0.25) is 11.1 Å². The Kier molecular flexibility index (Phi) is 4.86. The Hall–Kier alpha value is -1.73. The highest BCUT2D eigenvalue weighted by molar-refractivity contribution is 7.84. The summed E-state index contributed by atoms with van der Waals surface area (Å²) in [5.74, 6) is -0.159. The Morgan fingerprint density at radius 1 is 1.50 bits per heavy atom. The van der Waals surface area contributed by atoms with Crippen LogP contribution in [0.4, 0.5) is 5.69 Å². The molecule has 1 heterocycles. The van der Waals surface area contributed by atoms with Gasteiger partial charge in [-0.15, -0.1) is 10.2 Å². The van der Waals surface area contributed by atoms with E-state index in [0.717, 1.165) is 0 Å². The number of nitrogens with zero attached hydrogens (tertiary/aromatic N) is 3. The normalized spacial score (nSPS) is 12.1. The summed E-state index contributed by atoms with van der Waals surface area (Å²) >= 11 is 5.84. The molecule has 1 aromatic heterocycles. The van der Waals surface area contributed by atoms with Gasteiger partial charge in [-0.1, -0.05) is 17.7 Å². The second-order valence-corrected chi connectivity index (χ2v) is 5.78. The fourth-order valence-corrected chi connectivity index (χ4v) is 2.45. The zero-order valence-corrected chi connectivity index (χ0v) is 12.3. The van der Waals surface area contributed by atoms with Crippen molar-refractivity contribution >= 4 is 34.0 Å². The van der Waals surface area contributed by atoms with E-state index in [1.165, 1.54) is 12.6 Å². The van der Waals surface area contributed by atoms with Crippen LogP contribution in [0.5, 0.6) is 0 Å². The molecular formula is C12H13ClN4O2S. The Bertz CT molecular complexity index is 644. The number of aromatic nitrogens is 3. The quantitative estimate of drug-likeness (QED) is 0.911. The molecule has 0 saturated heterocycles. The molecule has 20 heavy (non-hydrogen) atoms. The van der Waals surface area contributed by atoms with E-state index in [0.29, 0.717) is 22.4 Å². The molecule has 1 N–H and O–H groups in total. The Labute approximate surface area is 123 Å². The first-order valence-corrected chi connectivity index (χ1v) is 7.76. The monoisotopic (exact) mass is 312 g/mol. The fraction of sp³-hybridized carbons (Fsp3) is 0.250. The zero-order valence-electron chi connectivity index (χ0n) is 10.7. The third kappa shape index (κ3) is 3.88. The molecule has 1 amide bonds. The Morgan fingerprint density at radius 2 is 2.30 bits per heavy atom. The average molecular weight is 313 g/mol. The maximum Gasteiger partial charge on any atom is 0.226 e. The van der Waals surface area contributed by atoms with Gasteiger partial charge in [-0.2, -0.15) is 0 Å². The number of hydrogen-bond acceptors (Lipinski definition) is 4. The molecule has 106 valence electrons. The van der Waals surface area contributed by atoms with Gasteiger partial charge < -0.3 is 9.88 Å². The highest BCUT2D eigenvalue weighted by Gasteiger charge is 2.10. The SMILES string of the molecule is C[S@](=O)c1nncn1CCC(=O)Nc1cccc(Cl)c1. The van der Waals surface area contributed by atoms with Crippen molar-refractivity contribution in [2.45, 2.75) is 18.1 Å². The van der Waals surface area contributed by atoms with E-state index in [-0.39, 0.29) is 12.3 Å². The lowest BCUT2D eigenvalue weighted by atomic mass is 10.3. The van der Waals surface area contributed by atoms with E-state index in [1.54, 1.807) is 28.8 Å². The van der Waals surface area contributed by atoms with E-state index >= 15 is 0 Å². The van der Waals surface area contributed by atoms with Crippen LogP contribution in [-0.4, -0.2) is 31.1 Å². The number of aryl methyl sites for hydroxylation is 1. The molecule has 0 spiro atoms. The first-order chi connectivity index (χ1) is 9.56. The summed E-state index contributed by atoms with van der Waals surface area (Å²) < 4.78 is 13.0. The van der Waals surface area contributed by atoms with Gasteiger partial charge in [-0.25, -0.2) is 0 Å². The summed E-state index contributed by atoms with van der Waals surface area (Å²) in [6.45, 7) is 0.369. The van der Waals surface area contributed by atoms with Gasteiger partial charge in [0.25, 0.3) is 0 Å². The maximum atomic E-state index is 11.8. The number of nitrogens with one attached hydrogen (secondary N) is 1. The van der Waals surface area contributed by atoms with Crippen LogP contribution in [0.25, 0.3) is 0 Å². The summed E-state index contributed by atoms with van der Waals surface area (Å²) in [4.78, 5) is 11.8. The van der Waals surface area contributed by atoms with Gasteiger partial charge in [0.05, 0.1) is 10.8 Å². The molecule has 6 nitrogen and oxygen atoms in total. The van der Waals surface area contributed by atoms with Crippen molar-refractivity contribution < 1.29 is 9.00 Å². The van der Waals surface area contributed by atoms with Gasteiger partial charge in [0.15, 0.2) is 0 Å².